The number of hydroxylamine groups is 1. The maximum absolute atomic E-state index is 10.5. The molecular formula is C7H9NO4. The molecule has 0 radical (unpaired) electrons. The molecule has 0 saturated carbocycles. The molecular weight excluding hydrogens is 162 g/mol. The van der Waals surface area contributed by atoms with Gasteiger partial charge in [-0.15, -0.1) is 0 Å². The van der Waals surface area contributed by atoms with Crippen molar-refractivity contribution in [3.63, 3.8) is 0 Å². The maximum atomic E-state index is 10.5. The highest BCUT2D eigenvalue weighted by atomic mass is 16.6. The fourth-order valence-electron chi connectivity index (χ4n) is 0.812. The Morgan fingerprint density at radius 3 is 3.17 bits per heavy atom. The lowest BCUT2D eigenvalue weighted by Gasteiger charge is -1.98. The van der Waals surface area contributed by atoms with E-state index in [0.717, 1.165) is 0 Å². The SMILES string of the molecule is CONCc1ccoc1C(=O)O. The molecule has 5 nitrogen and oxygen atoms in total. The lowest BCUT2D eigenvalue weighted by atomic mass is 10.2. The summed E-state index contributed by atoms with van der Waals surface area (Å²) in [6.45, 7) is 0.314. The van der Waals surface area contributed by atoms with Crippen molar-refractivity contribution >= 4 is 5.97 Å². The van der Waals surface area contributed by atoms with Crippen LogP contribution < -0.4 is 5.48 Å². The first-order chi connectivity index (χ1) is 5.75. The van der Waals surface area contributed by atoms with E-state index in [1.54, 1.807) is 6.07 Å². The smallest absolute Gasteiger partial charge is 0.372 e. The molecule has 5 heteroatoms. The minimum atomic E-state index is -1.08. The summed E-state index contributed by atoms with van der Waals surface area (Å²) < 4.78 is 4.73. The Balaban J connectivity index is 2.70. The van der Waals surface area contributed by atoms with Gasteiger partial charge in [-0.2, -0.15) is 5.48 Å². The van der Waals surface area contributed by atoms with Crippen LogP contribution in [0.15, 0.2) is 16.7 Å². The second-order valence-electron chi connectivity index (χ2n) is 2.11. The van der Waals surface area contributed by atoms with Gasteiger partial charge in [0.05, 0.1) is 19.9 Å². The van der Waals surface area contributed by atoms with E-state index in [9.17, 15) is 4.79 Å². The van der Waals surface area contributed by atoms with Crippen LogP contribution in [-0.2, 0) is 11.4 Å². The summed E-state index contributed by atoms with van der Waals surface area (Å²) >= 11 is 0. The third-order valence-corrected chi connectivity index (χ3v) is 1.35. The van der Waals surface area contributed by atoms with Crippen molar-refractivity contribution in [1.82, 2.24) is 5.48 Å². The number of nitrogens with one attached hydrogen (secondary N) is 1. The quantitative estimate of drug-likeness (QED) is 0.650. The number of hydrogen-bond acceptors (Lipinski definition) is 4. The number of rotatable bonds is 4. The fourth-order valence-corrected chi connectivity index (χ4v) is 0.812. The summed E-state index contributed by atoms with van der Waals surface area (Å²) in [7, 11) is 1.46. The first-order valence-corrected chi connectivity index (χ1v) is 3.31. The van der Waals surface area contributed by atoms with Crippen molar-refractivity contribution < 1.29 is 19.2 Å². The number of hydrogen-bond donors (Lipinski definition) is 2. The van der Waals surface area contributed by atoms with Crippen LogP contribution in [0.3, 0.4) is 0 Å². The number of carboxylic acids is 1. The van der Waals surface area contributed by atoms with Gasteiger partial charge in [0.1, 0.15) is 0 Å². The first kappa shape index (κ1) is 8.76. The normalized spacial score (nSPS) is 10.1. The Bertz CT molecular complexity index is 268. The predicted octanol–water partition coefficient (Wildman–Crippen LogP) is 0.629. The third-order valence-electron chi connectivity index (χ3n) is 1.35. The van der Waals surface area contributed by atoms with Crippen LogP contribution in [0, 0.1) is 0 Å². The van der Waals surface area contributed by atoms with Crippen LogP contribution in [0.2, 0.25) is 0 Å². The standard InChI is InChI=1S/C7H9NO4/c1-11-8-4-5-2-3-12-6(5)7(9)10/h2-3,8H,4H2,1H3,(H,9,10). The predicted molar refractivity (Wildman–Crippen MR) is 39.5 cm³/mol. The van der Waals surface area contributed by atoms with Crippen molar-refractivity contribution in [1.29, 1.82) is 0 Å². The minimum absolute atomic E-state index is 0.0560. The van der Waals surface area contributed by atoms with Gasteiger partial charge in [-0.05, 0) is 6.07 Å². The summed E-state index contributed by atoms with van der Waals surface area (Å²) in [5.74, 6) is -1.13. The second kappa shape index (κ2) is 3.89. The molecule has 0 aliphatic rings. The molecule has 0 saturated heterocycles. The van der Waals surface area contributed by atoms with Gasteiger partial charge < -0.3 is 14.4 Å². The van der Waals surface area contributed by atoms with E-state index in [1.165, 1.54) is 13.4 Å². The van der Waals surface area contributed by atoms with Gasteiger partial charge in [-0.1, -0.05) is 0 Å². The number of aromatic carboxylic acids is 1. The molecule has 1 heterocycles. The highest BCUT2D eigenvalue weighted by Gasteiger charge is 2.12. The van der Waals surface area contributed by atoms with Crippen molar-refractivity contribution in [3.05, 3.63) is 23.7 Å². The molecule has 1 rings (SSSR count). The van der Waals surface area contributed by atoms with Gasteiger partial charge in [0.15, 0.2) is 0 Å². The van der Waals surface area contributed by atoms with E-state index < -0.39 is 5.97 Å². The van der Waals surface area contributed by atoms with Crippen LogP contribution in [0.25, 0.3) is 0 Å². The molecule has 2 N–H and O–H groups in total. The van der Waals surface area contributed by atoms with Crippen molar-refractivity contribution in [2.45, 2.75) is 6.54 Å². The molecule has 0 atom stereocenters. The molecule has 0 spiro atoms. The van der Waals surface area contributed by atoms with Crippen LogP contribution in [0.4, 0.5) is 0 Å². The number of carboxylic acid groups (broad SMARTS) is 1. The average Bonchev–Trinajstić information content (AvgIpc) is 2.48. The Morgan fingerprint density at radius 2 is 2.58 bits per heavy atom. The number of carbonyl (C=O) groups is 1. The second-order valence-corrected chi connectivity index (χ2v) is 2.11. The summed E-state index contributed by atoms with van der Waals surface area (Å²) in [5, 5.41) is 8.59. The van der Waals surface area contributed by atoms with Gasteiger partial charge in [-0.25, -0.2) is 4.79 Å². The van der Waals surface area contributed by atoms with Gasteiger partial charge >= 0.3 is 5.97 Å². The van der Waals surface area contributed by atoms with E-state index in [2.05, 4.69) is 10.3 Å². The van der Waals surface area contributed by atoms with Gasteiger partial charge in [0.2, 0.25) is 5.76 Å². The fraction of sp³-hybridized carbons (Fsp3) is 0.286. The molecule has 0 bridgehead atoms. The Hall–Kier alpha value is -1.33. The van der Waals surface area contributed by atoms with Crippen LogP contribution in [-0.4, -0.2) is 18.2 Å². The zero-order valence-corrected chi connectivity index (χ0v) is 6.53. The Morgan fingerprint density at radius 1 is 1.83 bits per heavy atom. The van der Waals surface area contributed by atoms with E-state index >= 15 is 0 Å². The van der Waals surface area contributed by atoms with Crippen LogP contribution in [0.1, 0.15) is 16.1 Å². The van der Waals surface area contributed by atoms with E-state index in [-0.39, 0.29) is 5.76 Å². The average molecular weight is 171 g/mol. The topological polar surface area (TPSA) is 71.7 Å². The lowest BCUT2D eigenvalue weighted by molar-refractivity contribution is 0.0651. The monoisotopic (exact) mass is 171 g/mol. The summed E-state index contributed by atoms with van der Waals surface area (Å²) in [6, 6.07) is 1.58. The first-order valence-electron chi connectivity index (χ1n) is 3.31. The molecule has 0 fully saturated rings. The highest BCUT2D eigenvalue weighted by molar-refractivity contribution is 5.86. The summed E-state index contributed by atoms with van der Waals surface area (Å²) in [5.41, 5.74) is 3.08. The summed E-state index contributed by atoms with van der Waals surface area (Å²) in [4.78, 5) is 15.0. The van der Waals surface area contributed by atoms with E-state index in [0.29, 0.717) is 12.1 Å². The van der Waals surface area contributed by atoms with Crippen molar-refractivity contribution in [3.8, 4) is 0 Å². The molecule has 66 valence electrons. The molecule has 0 aliphatic carbocycles. The van der Waals surface area contributed by atoms with Gasteiger partial charge in [-0.3, -0.25) is 0 Å². The van der Waals surface area contributed by atoms with E-state index in [1.807, 2.05) is 0 Å². The largest absolute Gasteiger partial charge is 0.475 e. The van der Waals surface area contributed by atoms with Crippen LogP contribution in [0.5, 0.6) is 0 Å². The third kappa shape index (κ3) is 1.84. The van der Waals surface area contributed by atoms with Gasteiger partial charge in [0.25, 0.3) is 0 Å². The summed E-state index contributed by atoms with van der Waals surface area (Å²) in [6.07, 6.45) is 1.33. The zero-order chi connectivity index (χ0) is 8.97. The molecule has 12 heavy (non-hydrogen) atoms. The molecule has 0 aromatic carbocycles. The zero-order valence-electron chi connectivity index (χ0n) is 6.53. The molecule has 1 aromatic rings. The molecule has 0 unspecified atom stereocenters. The molecule has 0 aliphatic heterocycles. The van der Waals surface area contributed by atoms with Crippen molar-refractivity contribution in [2.75, 3.05) is 7.11 Å². The molecule has 0 amide bonds. The Kier molecular flexibility index (Phi) is 2.84. The number of furan rings is 1. The van der Waals surface area contributed by atoms with Gasteiger partial charge in [0, 0.05) is 5.56 Å². The highest BCUT2D eigenvalue weighted by Crippen LogP contribution is 2.09. The lowest BCUT2D eigenvalue weighted by Crippen LogP contribution is -2.12. The van der Waals surface area contributed by atoms with E-state index in [4.69, 9.17) is 9.52 Å². The van der Waals surface area contributed by atoms with Crippen molar-refractivity contribution in [2.24, 2.45) is 0 Å². The maximum Gasteiger partial charge on any atom is 0.372 e. The van der Waals surface area contributed by atoms with Crippen LogP contribution >= 0.6 is 0 Å². The minimum Gasteiger partial charge on any atom is -0.475 e. The Labute approximate surface area is 68.9 Å². The molecule has 1 aromatic heterocycles.